The van der Waals surface area contributed by atoms with E-state index in [9.17, 15) is 0 Å². The highest BCUT2D eigenvalue weighted by Crippen LogP contribution is 2.30. The summed E-state index contributed by atoms with van der Waals surface area (Å²) in [5.41, 5.74) is 2.28. The number of furan rings is 1. The van der Waals surface area contributed by atoms with E-state index in [-0.39, 0.29) is 6.04 Å². The van der Waals surface area contributed by atoms with Crippen LogP contribution in [-0.2, 0) is 11.2 Å². The molecule has 0 saturated carbocycles. The lowest BCUT2D eigenvalue weighted by atomic mass is 10.1. The van der Waals surface area contributed by atoms with Crippen LogP contribution in [0.5, 0.6) is 0 Å². The first-order chi connectivity index (χ1) is 9.77. The molecule has 1 N–H and O–H groups in total. The molecular weight excluding hydrogens is 250 g/mol. The Hall–Kier alpha value is -1.74. The molecule has 1 heterocycles. The Kier molecular flexibility index (Phi) is 5.24. The Morgan fingerprint density at radius 1 is 1.40 bits per heavy atom. The minimum atomic E-state index is 0.209. The summed E-state index contributed by atoms with van der Waals surface area (Å²) < 4.78 is 11.1. The van der Waals surface area contributed by atoms with Crippen LogP contribution in [0.1, 0.15) is 37.6 Å². The van der Waals surface area contributed by atoms with Gasteiger partial charge in [0.25, 0.3) is 0 Å². The van der Waals surface area contributed by atoms with Gasteiger partial charge in [0.2, 0.25) is 0 Å². The molecule has 1 aromatic heterocycles. The number of hydrogen-bond acceptors (Lipinski definition) is 3. The molecule has 0 aliphatic carbocycles. The number of nitrogens with one attached hydrogen (secondary N) is 1. The Morgan fingerprint density at radius 2 is 2.20 bits per heavy atom. The fourth-order valence-corrected chi connectivity index (χ4v) is 2.48. The third kappa shape index (κ3) is 3.23. The quantitative estimate of drug-likeness (QED) is 0.578. The molecule has 1 aromatic carbocycles. The zero-order valence-electron chi connectivity index (χ0n) is 12.3. The second-order valence-electron chi connectivity index (χ2n) is 4.86. The molecular formula is C17H23NO2. The van der Waals surface area contributed by atoms with Gasteiger partial charge in [0.05, 0.1) is 18.9 Å². The molecule has 0 aliphatic rings. The fourth-order valence-electron chi connectivity index (χ4n) is 2.48. The van der Waals surface area contributed by atoms with Crippen LogP contribution < -0.4 is 5.32 Å². The molecule has 1 atom stereocenters. The largest absolute Gasteiger partial charge is 0.502 e. The van der Waals surface area contributed by atoms with Gasteiger partial charge in [-0.05, 0) is 32.4 Å². The second-order valence-corrected chi connectivity index (χ2v) is 4.86. The van der Waals surface area contributed by atoms with Crippen LogP contribution in [0.25, 0.3) is 11.0 Å². The van der Waals surface area contributed by atoms with Gasteiger partial charge in [-0.25, -0.2) is 0 Å². The SMILES string of the molecule is C=COCCCNC(C)c1oc2ccccc2c1CC. The van der Waals surface area contributed by atoms with Crippen molar-refractivity contribution in [2.45, 2.75) is 32.7 Å². The van der Waals surface area contributed by atoms with Gasteiger partial charge in [0, 0.05) is 10.9 Å². The third-order valence-corrected chi connectivity index (χ3v) is 3.48. The van der Waals surface area contributed by atoms with E-state index in [4.69, 9.17) is 9.15 Å². The van der Waals surface area contributed by atoms with Crippen molar-refractivity contribution < 1.29 is 9.15 Å². The smallest absolute Gasteiger partial charge is 0.134 e. The molecule has 1 unspecified atom stereocenters. The van der Waals surface area contributed by atoms with Crippen LogP contribution in [-0.4, -0.2) is 13.2 Å². The maximum atomic E-state index is 6.02. The van der Waals surface area contributed by atoms with Gasteiger partial charge < -0.3 is 14.5 Å². The lowest BCUT2D eigenvalue weighted by Crippen LogP contribution is -2.21. The van der Waals surface area contributed by atoms with Crippen molar-refractivity contribution in [3.63, 3.8) is 0 Å². The van der Waals surface area contributed by atoms with Crippen molar-refractivity contribution in [1.29, 1.82) is 0 Å². The van der Waals surface area contributed by atoms with Gasteiger partial charge in [-0.15, -0.1) is 0 Å². The summed E-state index contributed by atoms with van der Waals surface area (Å²) in [5, 5.41) is 4.72. The molecule has 3 heteroatoms. The topological polar surface area (TPSA) is 34.4 Å². The summed E-state index contributed by atoms with van der Waals surface area (Å²) in [7, 11) is 0. The van der Waals surface area contributed by atoms with Gasteiger partial charge in [0.15, 0.2) is 0 Å². The molecule has 0 radical (unpaired) electrons. The molecule has 0 fully saturated rings. The van der Waals surface area contributed by atoms with Crippen LogP contribution in [0.15, 0.2) is 41.5 Å². The van der Waals surface area contributed by atoms with Crippen LogP contribution in [0.2, 0.25) is 0 Å². The maximum Gasteiger partial charge on any atom is 0.134 e. The van der Waals surface area contributed by atoms with Crippen molar-refractivity contribution in [2.24, 2.45) is 0 Å². The van der Waals surface area contributed by atoms with E-state index in [1.807, 2.05) is 12.1 Å². The fraction of sp³-hybridized carbons (Fsp3) is 0.412. The molecule has 3 nitrogen and oxygen atoms in total. The van der Waals surface area contributed by atoms with Gasteiger partial charge in [0.1, 0.15) is 11.3 Å². The number of aryl methyl sites for hydroxylation is 1. The van der Waals surface area contributed by atoms with Crippen LogP contribution in [0, 0.1) is 0 Å². The molecule has 0 amide bonds. The first-order valence-corrected chi connectivity index (χ1v) is 7.24. The van der Waals surface area contributed by atoms with Crippen LogP contribution in [0.4, 0.5) is 0 Å². The molecule has 20 heavy (non-hydrogen) atoms. The van der Waals surface area contributed by atoms with E-state index < -0.39 is 0 Å². The van der Waals surface area contributed by atoms with E-state index in [2.05, 4.69) is 37.9 Å². The number of para-hydroxylation sites is 1. The summed E-state index contributed by atoms with van der Waals surface area (Å²) in [6.45, 7) is 9.44. The summed E-state index contributed by atoms with van der Waals surface area (Å²) in [5.74, 6) is 1.05. The zero-order chi connectivity index (χ0) is 14.4. The van der Waals surface area contributed by atoms with Crippen LogP contribution >= 0.6 is 0 Å². The van der Waals surface area contributed by atoms with Gasteiger partial charge in [-0.1, -0.05) is 31.7 Å². The van der Waals surface area contributed by atoms with E-state index in [0.717, 1.165) is 30.7 Å². The predicted molar refractivity (Wildman–Crippen MR) is 82.8 cm³/mol. The summed E-state index contributed by atoms with van der Waals surface area (Å²) >= 11 is 0. The third-order valence-electron chi connectivity index (χ3n) is 3.48. The first-order valence-electron chi connectivity index (χ1n) is 7.24. The Labute approximate surface area is 120 Å². The molecule has 2 rings (SSSR count). The summed E-state index contributed by atoms with van der Waals surface area (Å²) in [4.78, 5) is 0. The number of rotatable bonds is 8. The maximum absolute atomic E-state index is 6.02. The molecule has 2 aromatic rings. The van der Waals surface area contributed by atoms with Crippen molar-refractivity contribution in [3.05, 3.63) is 48.4 Å². The highest BCUT2D eigenvalue weighted by Gasteiger charge is 2.17. The predicted octanol–water partition coefficient (Wildman–Crippen LogP) is 4.20. The first kappa shape index (κ1) is 14.7. The van der Waals surface area contributed by atoms with Crippen molar-refractivity contribution in [1.82, 2.24) is 5.32 Å². The lowest BCUT2D eigenvalue weighted by Gasteiger charge is -2.13. The Morgan fingerprint density at radius 3 is 2.95 bits per heavy atom. The van der Waals surface area contributed by atoms with E-state index in [0.29, 0.717) is 6.61 Å². The highest BCUT2D eigenvalue weighted by atomic mass is 16.5. The molecule has 108 valence electrons. The van der Waals surface area contributed by atoms with Gasteiger partial charge in [-0.2, -0.15) is 0 Å². The molecule has 0 spiro atoms. The van der Waals surface area contributed by atoms with E-state index in [1.165, 1.54) is 17.2 Å². The monoisotopic (exact) mass is 273 g/mol. The van der Waals surface area contributed by atoms with Crippen LogP contribution in [0.3, 0.4) is 0 Å². The van der Waals surface area contributed by atoms with E-state index in [1.54, 1.807) is 0 Å². The average molecular weight is 273 g/mol. The molecule has 0 aliphatic heterocycles. The summed E-state index contributed by atoms with van der Waals surface area (Å²) in [6, 6.07) is 8.45. The standard InChI is InChI=1S/C17H23NO2/c1-4-14-15-9-6-7-10-16(15)20-17(14)13(3)18-11-8-12-19-5-2/h5-7,9-10,13,18H,2,4,8,11-12H2,1,3H3. The highest BCUT2D eigenvalue weighted by molar-refractivity contribution is 5.82. The minimum Gasteiger partial charge on any atom is -0.502 e. The number of benzene rings is 1. The number of hydrogen-bond donors (Lipinski definition) is 1. The Balaban J connectivity index is 2.05. The molecule has 0 bridgehead atoms. The number of fused-ring (bicyclic) bond motifs is 1. The summed E-state index contributed by atoms with van der Waals surface area (Å²) in [6.07, 6.45) is 3.42. The van der Waals surface area contributed by atoms with Crippen molar-refractivity contribution in [2.75, 3.05) is 13.2 Å². The van der Waals surface area contributed by atoms with E-state index >= 15 is 0 Å². The van der Waals surface area contributed by atoms with Crippen molar-refractivity contribution in [3.8, 4) is 0 Å². The lowest BCUT2D eigenvalue weighted by molar-refractivity contribution is 0.242. The Bertz CT molecular complexity index is 559. The van der Waals surface area contributed by atoms with Gasteiger partial charge >= 0.3 is 0 Å². The second kappa shape index (κ2) is 7.15. The average Bonchev–Trinajstić information content (AvgIpc) is 2.85. The molecule has 0 saturated heterocycles. The number of ether oxygens (including phenoxy) is 1. The van der Waals surface area contributed by atoms with Gasteiger partial charge in [-0.3, -0.25) is 0 Å². The minimum absolute atomic E-state index is 0.209. The zero-order valence-corrected chi connectivity index (χ0v) is 12.3. The normalized spacial score (nSPS) is 12.5. The van der Waals surface area contributed by atoms with Crippen molar-refractivity contribution >= 4 is 11.0 Å².